The molecule has 1 unspecified atom stereocenters. The van der Waals surface area contributed by atoms with Crippen molar-refractivity contribution in [2.75, 3.05) is 14.1 Å². The zero-order valence-electron chi connectivity index (χ0n) is 37.8. The third-order valence-corrected chi connectivity index (χ3v) is 10.1. The molecule has 310 valence electrons. The van der Waals surface area contributed by atoms with Crippen LogP contribution in [0.2, 0.25) is 0 Å². The zero-order chi connectivity index (χ0) is 43.2. The fraction of sp³-hybridized carbons (Fsp3) is 0.345. The molecule has 0 spiro atoms. The quantitative estimate of drug-likeness (QED) is 0.0857. The largest absolute Gasteiger partial charge is 0.384 e. The average Bonchev–Trinajstić information content (AvgIpc) is 3.31. The smallest absolute Gasteiger partial charge is 0.125 e. The van der Waals surface area contributed by atoms with Crippen LogP contribution >= 0.6 is 0 Å². The van der Waals surface area contributed by atoms with E-state index in [2.05, 4.69) is 146 Å². The SMILES string of the molecule is C/C=C(\CC(C)/C=C\C=NC)c1ccc(C2(c3ccc(Cc4ccc5ccccc5c4)cc3)CCCCC2)cc1.C=C.CC.CC.CC.CN=C(N)c1ccccc1. The van der Waals surface area contributed by atoms with Crippen molar-refractivity contribution in [3.05, 3.63) is 186 Å². The molecule has 0 radical (unpaired) electrons. The van der Waals surface area contributed by atoms with E-state index >= 15 is 0 Å². The lowest BCUT2D eigenvalue weighted by molar-refractivity contribution is 0.346. The first-order valence-corrected chi connectivity index (χ1v) is 21.7. The highest BCUT2D eigenvalue weighted by atomic mass is 14.8. The predicted octanol–water partition coefficient (Wildman–Crippen LogP) is 15.3. The molecule has 6 rings (SSSR count). The highest BCUT2D eigenvalue weighted by Crippen LogP contribution is 2.45. The maximum absolute atomic E-state index is 5.54. The molecule has 1 fully saturated rings. The minimum Gasteiger partial charge on any atom is -0.384 e. The van der Waals surface area contributed by atoms with Crippen LogP contribution in [0.3, 0.4) is 0 Å². The van der Waals surface area contributed by atoms with Crippen molar-refractivity contribution in [1.82, 2.24) is 0 Å². The van der Waals surface area contributed by atoms with E-state index in [-0.39, 0.29) is 5.41 Å². The van der Waals surface area contributed by atoms with Crippen molar-refractivity contribution >= 4 is 28.4 Å². The van der Waals surface area contributed by atoms with Crippen LogP contribution in [0.1, 0.15) is 127 Å². The number of benzene rings is 5. The fourth-order valence-electron chi connectivity index (χ4n) is 7.31. The summed E-state index contributed by atoms with van der Waals surface area (Å²) in [7, 11) is 3.50. The number of nitrogens with two attached hydrogens (primary N) is 1. The topological polar surface area (TPSA) is 50.7 Å². The van der Waals surface area contributed by atoms with Gasteiger partial charge < -0.3 is 5.73 Å². The van der Waals surface area contributed by atoms with Crippen LogP contribution < -0.4 is 5.73 Å². The van der Waals surface area contributed by atoms with Gasteiger partial charge in [0.25, 0.3) is 0 Å². The second kappa shape index (κ2) is 29.9. The molecule has 1 aliphatic rings. The molecule has 1 atom stereocenters. The molecular weight excluding hydrogens is 703 g/mol. The van der Waals surface area contributed by atoms with Crippen molar-refractivity contribution < 1.29 is 0 Å². The Morgan fingerprint density at radius 2 is 1.21 bits per heavy atom. The van der Waals surface area contributed by atoms with E-state index in [4.69, 9.17) is 5.73 Å². The summed E-state index contributed by atoms with van der Waals surface area (Å²) >= 11 is 0. The first-order valence-electron chi connectivity index (χ1n) is 21.7. The standard InChI is InChI=1S/C39H43N.C8H10N2.3C2H6.C2H4/c1-4-33(27-30(2)11-10-26-40-3)35-18-22-38(23-19-35)39(24-8-5-9-25-39)37-20-15-31(16-21-37)28-32-14-17-34-12-6-7-13-36(34)29-32;1-10-8(9)7-5-3-2-4-6-7;4*1-2/h4,6-7,10-23,26,29-30H,5,8-9,24-25,27-28H2,1-3H3;2-6H,1H3,(H2,9,10);3*1-2H3;1-2H2/b11-10-,33-4+,40-26?;;;;;. The summed E-state index contributed by atoms with van der Waals surface area (Å²) < 4.78 is 0. The highest BCUT2D eigenvalue weighted by molar-refractivity contribution is 5.97. The molecule has 0 heterocycles. The third kappa shape index (κ3) is 15.6. The molecule has 5 aromatic carbocycles. The number of aliphatic imine (C=N–C) groups is 2. The van der Waals surface area contributed by atoms with E-state index in [1.165, 1.54) is 76.3 Å². The van der Waals surface area contributed by atoms with Gasteiger partial charge in [0.05, 0.1) is 0 Å². The molecule has 0 bridgehead atoms. The van der Waals surface area contributed by atoms with E-state index in [9.17, 15) is 0 Å². The molecule has 1 aliphatic carbocycles. The summed E-state index contributed by atoms with van der Waals surface area (Å²) in [5.41, 5.74) is 15.1. The summed E-state index contributed by atoms with van der Waals surface area (Å²) in [4.78, 5) is 7.91. The second-order valence-corrected chi connectivity index (χ2v) is 13.5. The summed E-state index contributed by atoms with van der Waals surface area (Å²) in [6.45, 7) is 22.4. The number of hydrogen-bond donors (Lipinski definition) is 1. The zero-order valence-corrected chi connectivity index (χ0v) is 37.8. The Balaban J connectivity index is 0.000000790. The van der Waals surface area contributed by atoms with Gasteiger partial charge in [0, 0.05) is 31.3 Å². The molecule has 58 heavy (non-hydrogen) atoms. The molecular formula is C55H75N3. The molecule has 5 aromatic rings. The van der Waals surface area contributed by atoms with E-state index in [1.807, 2.05) is 85.1 Å². The van der Waals surface area contributed by atoms with Crippen molar-refractivity contribution in [2.45, 2.75) is 106 Å². The van der Waals surface area contributed by atoms with Crippen molar-refractivity contribution in [3.63, 3.8) is 0 Å². The van der Waals surface area contributed by atoms with Gasteiger partial charge in [0.15, 0.2) is 0 Å². The molecule has 0 aliphatic heterocycles. The van der Waals surface area contributed by atoms with Crippen LogP contribution in [0.4, 0.5) is 0 Å². The highest BCUT2D eigenvalue weighted by Gasteiger charge is 2.35. The molecule has 0 saturated heterocycles. The first kappa shape index (κ1) is 50.7. The Bertz CT molecular complexity index is 1920. The minimum absolute atomic E-state index is 0.115. The molecule has 2 N–H and O–H groups in total. The number of nitrogens with zero attached hydrogens (tertiary/aromatic N) is 2. The first-order chi connectivity index (χ1) is 28.5. The third-order valence-electron chi connectivity index (χ3n) is 10.1. The van der Waals surface area contributed by atoms with Crippen LogP contribution in [0.25, 0.3) is 16.3 Å². The molecule has 1 saturated carbocycles. The normalized spacial score (nSPS) is 13.8. The maximum atomic E-state index is 5.54. The predicted molar refractivity (Wildman–Crippen MR) is 263 cm³/mol. The molecule has 0 amide bonds. The number of amidine groups is 1. The number of allylic oxidation sites excluding steroid dienone is 4. The monoisotopic (exact) mass is 778 g/mol. The Morgan fingerprint density at radius 1 is 0.672 bits per heavy atom. The van der Waals surface area contributed by atoms with Crippen LogP contribution in [-0.4, -0.2) is 26.1 Å². The minimum atomic E-state index is 0.115. The molecule has 3 nitrogen and oxygen atoms in total. The summed E-state index contributed by atoms with van der Waals surface area (Å²) in [5, 5.41) is 2.63. The fourth-order valence-corrected chi connectivity index (χ4v) is 7.31. The van der Waals surface area contributed by atoms with Crippen LogP contribution in [0, 0.1) is 5.92 Å². The number of fused-ring (bicyclic) bond motifs is 1. The van der Waals surface area contributed by atoms with Gasteiger partial charge in [-0.25, -0.2) is 0 Å². The lowest BCUT2D eigenvalue weighted by Crippen LogP contribution is -2.30. The van der Waals surface area contributed by atoms with Gasteiger partial charge in [0.1, 0.15) is 5.84 Å². The van der Waals surface area contributed by atoms with Gasteiger partial charge in [-0.3, -0.25) is 9.98 Å². The Morgan fingerprint density at radius 3 is 1.76 bits per heavy atom. The molecule has 3 heteroatoms. The van der Waals surface area contributed by atoms with E-state index < -0.39 is 0 Å². The average molecular weight is 778 g/mol. The number of rotatable bonds is 10. The van der Waals surface area contributed by atoms with Gasteiger partial charge >= 0.3 is 0 Å². The van der Waals surface area contributed by atoms with Crippen LogP contribution in [0.5, 0.6) is 0 Å². The van der Waals surface area contributed by atoms with Gasteiger partial charge in [-0.1, -0.05) is 201 Å². The van der Waals surface area contributed by atoms with Gasteiger partial charge in [-0.15, -0.1) is 13.2 Å². The van der Waals surface area contributed by atoms with Crippen molar-refractivity contribution in [3.8, 4) is 0 Å². The van der Waals surface area contributed by atoms with E-state index in [0.717, 1.165) is 18.4 Å². The van der Waals surface area contributed by atoms with Crippen LogP contribution in [-0.2, 0) is 11.8 Å². The van der Waals surface area contributed by atoms with Crippen molar-refractivity contribution in [2.24, 2.45) is 21.6 Å². The Hall–Kier alpha value is -5.28. The van der Waals surface area contributed by atoms with E-state index in [0.29, 0.717) is 11.8 Å². The maximum Gasteiger partial charge on any atom is 0.125 e. The lowest BCUT2D eigenvalue weighted by Gasteiger charge is -2.39. The Kier molecular flexibility index (Phi) is 26.1. The Labute approximate surface area is 354 Å². The second-order valence-electron chi connectivity index (χ2n) is 13.5. The summed E-state index contributed by atoms with van der Waals surface area (Å²) in [5.74, 6) is 1.06. The van der Waals surface area contributed by atoms with E-state index in [1.54, 1.807) is 7.05 Å². The summed E-state index contributed by atoms with van der Waals surface area (Å²) in [6.07, 6.45) is 16.8. The summed E-state index contributed by atoms with van der Waals surface area (Å²) in [6, 6.07) is 44.3. The number of hydrogen-bond acceptors (Lipinski definition) is 2. The van der Waals surface area contributed by atoms with Gasteiger partial charge in [-0.05, 0) is 88.8 Å². The van der Waals surface area contributed by atoms with Crippen molar-refractivity contribution in [1.29, 1.82) is 0 Å². The van der Waals surface area contributed by atoms with Gasteiger partial charge in [0.2, 0.25) is 0 Å². The van der Waals surface area contributed by atoms with Crippen LogP contribution in [0.15, 0.2) is 163 Å². The molecule has 0 aromatic heterocycles. The lowest BCUT2D eigenvalue weighted by atomic mass is 9.65. The van der Waals surface area contributed by atoms with Gasteiger partial charge in [-0.2, -0.15) is 0 Å².